The average Bonchev–Trinajstić information content (AvgIpc) is 2.97. The normalized spacial score (nSPS) is 21.2. The molecule has 134 valence electrons. The Bertz CT molecular complexity index is 864. The Morgan fingerprint density at radius 2 is 1.88 bits per heavy atom. The van der Waals surface area contributed by atoms with Crippen LogP contribution in [0.5, 0.6) is 0 Å². The quantitative estimate of drug-likeness (QED) is 0.875. The summed E-state index contributed by atoms with van der Waals surface area (Å²) in [5, 5.41) is 35.5. The molecular weight excluding hydrogens is 349 g/mol. The number of rotatable bonds is 3. The summed E-state index contributed by atoms with van der Waals surface area (Å²) in [5.41, 5.74) is -0.987. The standard InChI is InChI=1S/C17H13F3N4O2/c18-17(19,20)13-8-10(6-7-22-13)15(25)14-12(9-21)23-24(16(14)26)11-4-2-1-3-5-11/h1-8,14-16,25-26H. The molecule has 0 spiro atoms. The van der Waals surface area contributed by atoms with Crippen LogP contribution >= 0.6 is 0 Å². The maximum absolute atomic E-state index is 12.8. The molecule has 2 heterocycles. The van der Waals surface area contributed by atoms with E-state index in [-0.39, 0.29) is 11.3 Å². The molecule has 0 aliphatic carbocycles. The molecule has 1 aromatic carbocycles. The van der Waals surface area contributed by atoms with Crippen molar-refractivity contribution < 1.29 is 23.4 Å². The van der Waals surface area contributed by atoms with Crippen molar-refractivity contribution in [1.29, 1.82) is 5.26 Å². The van der Waals surface area contributed by atoms with E-state index in [1.807, 2.05) is 0 Å². The number of anilines is 1. The first-order chi connectivity index (χ1) is 12.3. The van der Waals surface area contributed by atoms with Crippen molar-refractivity contribution in [2.24, 2.45) is 11.0 Å². The number of nitriles is 1. The number of aromatic nitrogens is 1. The highest BCUT2D eigenvalue weighted by atomic mass is 19.4. The smallest absolute Gasteiger partial charge is 0.388 e. The van der Waals surface area contributed by atoms with Gasteiger partial charge in [0.2, 0.25) is 0 Å². The predicted molar refractivity (Wildman–Crippen MR) is 85.7 cm³/mol. The van der Waals surface area contributed by atoms with Crippen LogP contribution in [-0.4, -0.2) is 27.1 Å². The fraction of sp³-hybridized carbons (Fsp3) is 0.235. The van der Waals surface area contributed by atoms with Gasteiger partial charge in [-0.05, 0) is 29.8 Å². The Labute approximate surface area is 146 Å². The first-order valence-corrected chi connectivity index (χ1v) is 7.55. The van der Waals surface area contributed by atoms with Crippen molar-refractivity contribution in [3.05, 3.63) is 59.9 Å². The third-order valence-corrected chi connectivity index (χ3v) is 3.99. The van der Waals surface area contributed by atoms with Crippen LogP contribution in [0.15, 0.2) is 53.8 Å². The molecule has 0 bridgehead atoms. The van der Waals surface area contributed by atoms with Gasteiger partial charge in [0.05, 0.1) is 17.7 Å². The lowest BCUT2D eigenvalue weighted by molar-refractivity contribution is -0.141. The molecule has 1 aromatic heterocycles. The maximum atomic E-state index is 12.8. The van der Waals surface area contributed by atoms with Crippen LogP contribution in [0.4, 0.5) is 18.9 Å². The number of halogens is 3. The molecule has 3 unspecified atom stereocenters. The highest BCUT2D eigenvalue weighted by Gasteiger charge is 2.43. The summed E-state index contributed by atoms with van der Waals surface area (Å²) in [5.74, 6) is -1.20. The molecule has 2 N–H and O–H groups in total. The van der Waals surface area contributed by atoms with Crippen molar-refractivity contribution in [2.45, 2.75) is 18.5 Å². The van der Waals surface area contributed by atoms with Gasteiger partial charge in [0.1, 0.15) is 17.5 Å². The van der Waals surface area contributed by atoms with Gasteiger partial charge < -0.3 is 10.2 Å². The highest BCUT2D eigenvalue weighted by Crippen LogP contribution is 2.36. The third kappa shape index (κ3) is 3.24. The van der Waals surface area contributed by atoms with E-state index in [4.69, 9.17) is 0 Å². The summed E-state index contributed by atoms with van der Waals surface area (Å²) in [6.07, 6.45) is -6.74. The summed E-state index contributed by atoms with van der Waals surface area (Å²) in [4.78, 5) is 3.24. The zero-order chi connectivity index (χ0) is 18.9. The van der Waals surface area contributed by atoms with Crippen LogP contribution in [0.2, 0.25) is 0 Å². The van der Waals surface area contributed by atoms with E-state index in [0.717, 1.165) is 11.2 Å². The molecule has 3 atom stereocenters. The molecule has 1 aliphatic heterocycles. The van der Waals surface area contributed by atoms with Crippen LogP contribution in [0.1, 0.15) is 17.4 Å². The van der Waals surface area contributed by atoms with Gasteiger partial charge in [-0.1, -0.05) is 18.2 Å². The van der Waals surface area contributed by atoms with Gasteiger partial charge >= 0.3 is 6.18 Å². The number of aliphatic hydroxyl groups is 2. The van der Waals surface area contributed by atoms with Crippen molar-refractivity contribution in [2.75, 3.05) is 5.01 Å². The number of hydrazone groups is 1. The minimum atomic E-state index is -4.67. The molecule has 0 saturated carbocycles. The average molecular weight is 362 g/mol. The molecule has 9 heteroatoms. The number of hydrogen-bond donors (Lipinski definition) is 2. The molecule has 1 aliphatic rings. The molecule has 2 aromatic rings. The van der Waals surface area contributed by atoms with Crippen LogP contribution in [0.25, 0.3) is 0 Å². The lowest BCUT2D eigenvalue weighted by Crippen LogP contribution is -2.36. The van der Waals surface area contributed by atoms with E-state index in [9.17, 15) is 28.6 Å². The SMILES string of the molecule is N#CC1=NN(c2ccccc2)C(O)C1C(O)c1ccnc(C(F)(F)F)c1. The predicted octanol–water partition coefficient (Wildman–Crippen LogP) is 2.47. The summed E-state index contributed by atoms with van der Waals surface area (Å²) < 4.78 is 38.5. The first-order valence-electron chi connectivity index (χ1n) is 7.55. The van der Waals surface area contributed by atoms with Gasteiger partial charge in [-0.25, -0.2) is 5.01 Å². The number of hydrogen-bond acceptors (Lipinski definition) is 6. The second kappa shape index (κ2) is 6.74. The van der Waals surface area contributed by atoms with Crippen molar-refractivity contribution >= 4 is 11.4 Å². The highest BCUT2D eigenvalue weighted by molar-refractivity contribution is 6.03. The molecule has 0 saturated heterocycles. The zero-order valence-electron chi connectivity index (χ0n) is 13.2. The van der Waals surface area contributed by atoms with E-state index in [2.05, 4.69) is 10.1 Å². The molecule has 3 rings (SSSR count). The monoisotopic (exact) mass is 362 g/mol. The topological polar surface area (TPSA) is 92.7 Å². The summed E-state index contributed by atoms with van der Waals surface area (Å²) in [6, 6.07) is 12.1. The Kier molecular flexibility index (Phi) is 4.63. The van der Waals surface area contributed by atoms with Crippen LogP contribution in [0, 0.1) is 17.2 Å². The van der Waals surface area contributed by atoms with Gasteiger partial charge in [0.15, 0.2) is 6.23 Å². The van der Waals surface area contributed by atoms with Gasteiger partial charge in [-0.3, -0.25) is 4.98 Å². The number of benzene rings is 1. The second-order valence-electron chi connectivity index (χ2n) is 5.63. The minimum absolute atomic E-state index is 0.116. The lowest BCUT2D eigenvalue weighted by Gasteiger charge is -2.26. The van der Waals surface area contributed by atoms with E-state index in [1.54, 1.807) is 36.4 Å². The summed E-state index contributed by atoms with van der Waals surface area (Å²) >= 11 is 0. The summed E-state index contributed by atoms with van der Waals surface area (Å²) in [7, 11) is 0. The van der Waals surface area contributed by atoms with E-state index in [0.29, 0.717) is 11.8 Å². The van der Waals surface area contributed by atoms with Gasteiger partial charge in [-0.2, -0.15) is 23.5 Å². The molecule has 26 heavy (non-hydrogen) atoms. The molecule has 0 fully saturated rings. The number of aliphatic hydroxyl groups excluding tert-OH is 2. The third-order valence-electron chi connectivity index (χ3n) is 3.99. The Morgan fingerprint density at radius 1 is 1.19 bits per heavy atom. The molecular formula is C17H13F3N4O2. The van der Waals surface area contributed by atoms with Gasteiger partial charge in [-0.15, -0.1) is 0 Å². The van der Waals surface area contributed by atoms with E-state index < -0.39 is 30.1 Å². The number of para-hydroxylation sites is 1. The van der Waals surface area contributed by atoms with Gasteiger partial charge in [0.25, 0.3) is 0 Å². The lowest BCUT2D eigenvalue weighted by atomic mass is 9.91. The minimum Gasteiger partial charge on any atom is -0.388 e. The molecule has 0 amide bonds. The second-order valence-corrected chi connectivity index (χ2v) is 5.63. The number of alkyl halides is 3. The number of pyridine rings is 1. The van der Waals surface area contributed by atoms with Crippen LogP contribution in [0.3, 0.4) is 0 Å². The molecule has 6 nitrogen and oxygen atoms in total. The fourth-order valence-electron chi connectivity index (χ4n) is 2.73. The Balaban J connectivity index is 1.94. The Hall–Kier alpha value is -2.96. The first kappa shape index (κ1) is 17.8. The fourth-order valence-corrected chi connectivity index (χ4v) is 2.73. The van der Waals surface area contributed by atoms with Crippen LogP contribution < -0.4 is 5.01 Å². The van der Waals surface area contributed by atoms with Crippen LogP contribution in [-0.2, 0) is 6.18 Å². The largest absolute Gasteiger partial charge is 0.433 e. The van der Waals surface area contributed by atoms with E-state index in [1.165, 1.54) is 6.07 Å². The molecule has 0 radical (unpaired) electrons. The van der Waals surface area contributed by atoms with Crippen molar-refractivity contribution in [3.63, 3.8) is 0 Å². The number of nitrogens with zero attached hydrogens (tertiary/aromatic N) is 4. The van der Waals surface area contributed by atoms with Crippen molar-refractivity contribution in [3.8, 4) is 6.07 Å². The zero-order valence-corrected chi connectivity index (χ0v) is 13.2. The van der Waals surface area contributed by atoms with E-state index >= 15 is 0 Å². The van der Waals surface area contributed by atoms with Crippen molar-refractivity contribution in [1.82, 2.24) is 4.98 Å². The Morgan fingerprint density at radius 3 is 2.50 bits per heavy atom. The maximum Gasteiger partial charge on any atom is 0.433 e. The summed E-state index contributed by atoms with van der Waals surface area (Å²) in [6.45, 7) is 0. The van der Waals surface area contributed by atoms with Gasteiger partial charge in [0, 0.05) is 6.20 Å².